The predicted molar refractivity (Wildman–Crippen MR) is 76.1 cm³/mol. The van der Waals surface area contributed by atoms with Crippen molar-refractivity contribution < 1.29 is 13.3 Å². The van der Waals surface area contributed by atoms with Crippen molar-refractivity contribution in [3.05, 3.63) is 29.8 Å². The van der Waals surface area contributed by atoms with Crippen LogP contribution in [0.5, 0.6) is 0 Å². The van der Waals surface area contributed by atoms with Gasteiger partial charge in [0.2, 0.25) is 0 Å². The van der Waals surface area contributed by atoms with E-state index in [1.165, 1.54) is 0 Å². The Labute approximate surface area is 116 Å². The molecule has 0 amide bonds. The molecule has 0 fully saturated rings. The van der Waals surface area contributed by atoms with Crippen LogP contribution in [0.4, 0.5) is 0 Å². The molecule has 0 radical (unpaired) electrons. The van der Waals surface area contributed by atoms with Gasteiger partial charge in [-0.15, -0.1) is 0 Å². The molecule has 0 aliphatic carbocycles. The van der Waals surface area contributed by atoms with Crippen LogP contribution in [-0.2, 0) is 21.3 Å². The predicted octanol–water partition coefficient (Wildman–Crippen LogP) is 2.75. The van der Waals surface area contributed by atoms with E-state index in [-0.39, 0.29) is 10.8 Å². The molecular weight excluding hydrogens is 262 g/mol. The first-order valence-electron chi connectivity index (χ1n) is 6.54. The molecule has 0 aliphatic rings. The van der Waals surface area contributed by atoms with Gasteiger partial charge >= 0.3 is 0 Å². The summed E-state index contributed by atoms with van der Waals surface area (Å²) < 4.78 is 23.8. The molecule has 0 bridgehead atoms. The molecule has 1 aromatic carbocycles. The summed E-state index contributed by atoms with van der Waals surface area (Å²) in [7, 11) is -3.57. The number of nitrogens with one attached hydrogen (secondary N) is 1. The Morgan fingerprint density at radius 1 is 1.05 bits per heavy atom. The highest BCUT2D eigenvalue weighted by atomic mass is 32.2. The van der Waals surface area contributed by atoms with E-state index in [2.05, 4.69) is 18.7 Å². The fourth-order valence-electron chi connectivity index (χ4n) is 1.60. The highest BCUT2D eigenvalue weighted by molar-refractivity contribution is 7.89. The van der Waals surface area contributed by atoms with Crippen LogP contribution in [0, 0.1) is 11.8 Å². The average Bonchev–Trinajstić information content (AvgIpc) is 2.28. The molecule has 0 unspecified atom stereocenters. The maximum atomic E-state index is 11.9. The Morgan fingerprint density at radius 2 is 1.63 bits per heavy atom. The van der Waals surface area contributed by atoms with Crippen LogP contribution in [-0.4, -0.2) is 15.0 Å². The van der Waals surface area contributed by atoms with Crippen LogP contribution < -0.4 is 4.89 Å². The van der Waals surface area contributed by atoms with Gasteiger partial charge in [0, 0.05) is 0 Å². The summed E-state index contributed by atoms with van der Waals surface area (Å²) in [6.07, 6.45) is 0.942. The first-order valence-corrected chi connectivity index (χ1v) is 8.02. The molecule has 19 heavy (non-hydrogen) atoms. The third-order valence-corrected chi connectivity index (χ3v) is 3.69. The minimum Gasteiger partial charge on any atom is -0.287 e. The Kier molecular flexibility index (Phi) is 5.97. The van der Waals surface area contributed by atoms with E-state index >= 15 is 0 Å². The molecule has 0 spiro atoms. The van der Waals surface area contributed by atoms with Crippen molar-refractivity contribution in [2.24, 2.45) is 11.8 Å². The molecule has 1 rings (SSSR count). The van der Waals surface area contributed by atoms with Gasteiger partial charge in [-0.3, -0.25) is 4.84 Å². The van der Waals surface area contributed by atoms with Gasteiger partial charge < -0.3 is 0 Å². The molecule has 0 saturated heterocycles. The fraction of sp³-hybridized carbons (Fsp3) is 0.571. The minimum atomic E-state index is -3.57. The lowest BCUT2D eigenvalue weighted by Gasteiger charge is -2.10. The summed E-state index contributed by atoms with van der Waals surface area (Å²) in [5, 5.41) is 0. The normalized spacial score (nSPS) is 12.3. The van der Waals surface area contributed by atoms with Crippen LogP contribution in [0.1, 0.15) is 33.3 Å². The van der Waals surface area contributed by atoms with E-state index in [0.29, 0.717) is 12.5 Å². The summed E-state index contributed by atoms with van der Waals surface area (Å²) in [6.45, 7) is 8.52. The molecule has 1 N–H and O–H groups in total. The lowest BCUT2D eigenvalue weighted by atomic mass is 10.0. The van der Waals surface area contributed by atoms with Gasteiger partial charge in [-0.25, -0.2) is 8.42 Å². The largest absolute Gasteiger partial charge is 0.287 e. The second-order valence-electron chi connectivity index (χ2n) is 5.53. The quantitative estimate of drug-likeness (QED) is 0.784. The number of rotatable bonds is 7. The van der Waals surface area contributed by atoms with Gasteiger partial charge in [-0.2, -0.15) is 0 Å². The monoisotopic (exact) mass is 285 g/mol. The van der Waals surface area contributed by atoms with Gasteiger partial charge in [0.05, 0.1) is 11.5 Å². The van der Waals surface area contributed by atoms with Gasteiger partial charge in [0.25, 0.3) is 10.0 Å². The number of sulfonamides is 1. The molecule has 0 saturated carbocycles. The standard InChI is InChI=1S/C14H23NO3S/c1-11(2)9-13-5-7-14(8-6-13)19(16,17)15-18-10-12(3)4/h5-8,11-12,15H,9-10H2,1-4H3. The van der Waals surface area contributed by atoms with Gasteiger partial charge in [-0.05, 0) is 36.0 Å². The highest BCUT2D eigenvalue weighted by Crippen LogP contribution is 2.13. The summed E-state index contributed by atoms with van der Waals surface area (Å²) >= 11 is 0. The van der Waals surface area contributed by atoms with E-state index < -0.39 is 10.0 Å². The Balaban J connectivity index is 2.68. The average molecular weight is 285 g/mol. The molecule has 1 aromatic rings. The molecule has 0 aliphatic heterocycles. The van der Waals surface area contributed by atoms with Gasteiger partial charge in [0.15, 0.2) is 0 Å². The maximum Gasteiger partial charge on any atom is 0.262 e. The SMILES string of the molecule is CC(C)CONS(=O)(=O)c1ccc(CC(C)C)cc1. The zero-order chi connectivity index (χ0) is 14.5. The molecule has 0 heterocycles. The Morgan fingerprint density at radius 3 is 2.11 bits per heavy atom. The van der Waals surface area contributed by atoms with E-state index in [9.17, 15) is 8.42 Å². The van der Waals surface area contributed by atoms with Gasteiger partial charge in [0.1, 0.15) is 0 Å². The van der Waals surface area contributed by atoms with Crippen molar-refractivity contribution in [3.63, 3.8) is 0 Å². The molecule has 0 atom stereocenters. The van der Waals surface area contributed by atoms with Gasteiger partial charge in [-0.1, -0.05) is 44.7 Å². The first kappa shape index (κ1) is 16.1. The van der Waals surface area contributed by atoms with Crippen molar-refractivity contribution in [2.45, 2.75) is 39.0 Å². The van der Waals surface area contributed by atoms with Crippen LogP contribution >= 0.6 is 0 Å². The first-order chi connectivity index (χ1) is 8.81. The second kappa shape index (κ2) is 7.03. The van der Waals surface area contributed by atoms with Crippen molar-refractivity contribution in [2.75, 3.05) is 6.61 Å². The molecule has 5 heteroatoms. The number of hydrogen-bond acceptors (Lipinski definition) is 3. The topological polar surface area (TPSA) is 55.4 Å². The number of benzene rings is 1. The summed E-state index contributed by atoms with van der Waals surface area (Å²) in [5.74, 6) is 0.825. The maximum absolute atomic E-state index is 11.9. The summed E-state index contributed by atoms with van der Waals surface area (Å²) in [6, 6.07) is 6.91. The van der Waals surface area contributed by atoms with Crippen molar-refractivity contribution in [3.8, 4) is 0 Å². The Bertz CT molecular complexity index is 478. The molecule has 4 nitrogen and oxygen atoms in total. The zero-order valence-corrected chi connectivity index (χ0v) is 12.8. The fourth-order valence-corrected chi connectivity index (χ4v) is 2.42. The van der Waals surface area contributed by atoms with E-state index in [0.717, 1.165) is 12.0 Å². The lowest BCUT2D eigenvalue weighted by molar-refractivity contribution is 0.0718. The minimum absolute atomic E-state index is 0.226. The smallest absolute Gasteiger partial charge is 0.262 e. The van der Waals surface area contributed by atoms with E-state index in [1.807, 2.05) is 26.0 Å². The lowest BCUT2D eigenvalue weighted by Crippen LogP contribution is -2.25. The van der Waals surface area contributed by atoms with Crippen LogP contribution in [0.3, 0.4) is 0 Å². The molecular formula is C14H23NO3S. The van der Waals surface area contributed by atoms with Crippen LogP contribution in [0.15, 0.2) is 29.2 Å². The highest BCUT2D eigenvalue weighted by Gasteiger charge is 2.14. The van der Waals surface area contributed by atoms with E-state index in [1.54, 1.807) is 12.1 Å². The molecule has 108 valence electrons. The Hall–Kier alpha value is -0.910. The second-order valence-corrected chi connectivity index (χ2v) is 7.18. The summed E-state index contributed by atoms with van der Waals surface area (Å²) in [5.41, 5.74) is 1.14. The third kappa shape index (κ3) is 5.72. The number of hydrogen-bond donors (Lipinski definition) is 1. The third-order valence-electron chi connectivity index (χ3n) is 2.46. The summed E-state index contributed by atoms with van der Waals surface area (Å²) in [4.78, 5) is 7.34. The van der Waals surface area contributed by atoms with Crippen molar-refractivity contribution >= 4 is 10.0 Å². The van der Waals surface area contributed by atoms with Crippen molar-refractivity contribution in [1.82, 2.24) is 4.89 Å². The van der Waals surface area contributed by atoms with E-state index in [4.69, 9.17) is 4.84 Å². The zero-order valence-electron chi connectivity index (χ0n) is 12.0. The van der Waals surface area contributed by atoms with Crippen LogP contribution in [0.2, 0.25) is 0 Å². The molecule has 0 aromatic heterocycles. The van der Waals surface area contributed by atoms with Crippen LogP contribution in [0.25, 0.3) is 0 Å². The van der Waals surface area contributed by atoms with Crippen molar-refractivity contribution in [1.29, 1.82) is 0 Å².